The van der Waals surface area contributed by atoms with Gasteiger partial charge in [-0.15, -0.1) is 11.3 Å². The van der Waals surface area contributed by atoms with E-state index in [1.165, 1.54) is 11.3 Å². The standard InChI is InChI=1S/C28H31N7O2S/c1-35(2)16-8-13-22(32-27(37)34-28-33-25(18-38-28)19-9-4-3-5-10-19)20-14-15-24(30-17-20)26(36)31-23-12-7-6-11-21(23)29/h3-7,9-12,14-15,17-18,22H,8,13,16,29H2,1-2H3,(H,31,36)(H2,32,33,34,37). The van der Waals surface area contributed by atoms with E-state index in [-0.39, 0.29) is 23.7 Å². The molecule has 0 fully saturated rings. The highest BCUT2D eigenvalue weighted by atomic mass is 32.1. The molecule has 2 heterocycles. The van der Waals surface area contributed by atoms with E-state index in [2.05, 4.69) is 30.8 Å². The molecule has 0 bridgehead atoms. The summed E-state index contributed by atoms with van der Waals surface area (Å²) in [5.74, 6) is -0.359. The highest BCUT2D eigenvalue weighted by molar-refractivity contribution is 7.14. The summed E-state index contributed by atoms with van der Waals surface area (Å²) in [5.41, 5.74) is 9.79. The minimum Gasteiger partial charge on any atom is -0.397 e. The lowest BCUT2D eigenvalue weighted by Gasteiger charge is -2.20. The van der Waals surface area contributed by atoms with Crippen LogP contribution in [0.15, 0.2) is 78.3 Å². The number of pyridine rings is 1. The Bertz CT molecular complexity index is 1360. The number of benzene rings is 2. The minimum absolute atomic E-state index is 0.254. The summed E-state index contributed by atoms with van der Waals surface area (Å²) in [5, 5.41) is 11.1. The maximum atomic E-state index is 12.9. The Hall–Kier alpha value is -4.28. The number of nitrogens with two attached hydrogens (primary N) is 1. The SMILES string of the molecule is CN(C)CCCC(NC(=O)Nc1nc(-c2ccccc2)cs1)c1ccc(C(=O)Nc2ccccc2N)nc1. The van der Waals surface area contributed by atoms with Crippen molar-refractivity contribution in [1.29, 1.82) is 0 Å². The number of carbonyl (C=O) groups is 2. The Balaban J connectivity index is 1.42. The number of rotatable bonds is 10. The number of carbonyl (C=O) groups excluding carboxylic acids is 2. The average molecular weight is 530 g/mol. The Morgan fingerprint density at radius 2 is 1.76 bits per heavy atom. The van der Waals surface area contributed by atoms with Crippen LogP contribution in [-0.4, -0.2) is 47.4 Å². The average Bonchev–Trinajstić information content (AvgIpc) is 3.38. The van der Waals surface area contributed by atoms with E-state index in [1.807, 2.05) is 55.9 Å². The van der Waals surface area contributed by atoms with Crippen LogP contribution in [0.3, 0.4) is 0 Å². The molecule has 0 aliphatic rings. The van der Waals surface area contributed by atoms with E-state index >= 15 is 0 Å². The summed E-state index contributed by atoms with van der Waals surface area (Å²) in [7, 11) is 4.02. The van der Waals surface area contributed by atoms with E-state index in [9.17, 15) is 9.59 Å². The van der Waals surface area contributed by atoms with Crippen molar-refractivity contribution in [3.63, 3.8) is 0 Å². The van der Waals surface area contributed by atoms with Crippen molar-refractivity contribution in [2.75, 3.05) is 37.0 Å². The van der Waals surface area contributed by atoms with Crippen molar-refractivity contribution in [2.24, 2.45) is 0 Å². The highest BCUT2D eigenvalue weighted by Crippen LogP contribution is 2.25. The molecule has 0 spiro atoms. The molecule has 9 nitrogen and oxygen atoms in total. The van der Waals surface area contributed by atoms with Crippen LogP contribution in [0.5, 0.6) is 0 Å². The molecule has 4 aromatic rings. The molecule has 3 amide bonds. The third-order valence-corrected chi connectivity index (χ3v) is 6.59. The fourth-order valence-electron chi connectivity index (χ4n) is 3.84. The van der Waals surface area contributed by atoms with Crippen LogP contribution < -0.4 is 21.7 Å². The largest absolute Gasteiger partial charge is 0.397 e. The molecule has 1 unspecified atom stereocenters. The van der Waals surface area contributed by atoms with E-state index in [1.54, 1.807) is 36.5 Å². The number of thiazole rings is 1. The van der Waals surface area contributed by atoms with E-state index in [4.69, 9.17) is 5.73 Å². The van der Waals surface area contributed by atoms with Crippen molar-refractivity contribution < 1.29 is 9.59 Å². The van der Waals surface area contributed by atoms with Gasteiger partial charge in [-0.05, 0) is 57.2 Å². The molecule has 0 aliphatic heterocycles. The fourth-order valence-corrected chi connectivity index (χ4v) is 4.56. The third kappa shape index (κ3) is 7.37. The lowest BCUT2D eigenvalue weighted by Crippen LogP contribution is -2.33. The molecule has 2 aromatic heterocycles. The zero-order chi connectivity index (χ0) is 26.9. The summed E-state index contributed by atoms with van der Waals surface area (Å²) in [6.45, 7) is 0.874. The van der Waals surface area contributed by atoms with E-state index < -0.39 is 0 Å². The van der Waals surface area contributed by atoms with Crippen LogP contribution in [0, 0.1) is 0 Å². The number of hydrogen-bond acceptors (Lipinski definition) is 7. The van der Waals surface area contributed by atoms with Crippen molar-refractivity contribution in [3.8, 4) is 11.3 Å². The third-order valence-electron chi connectivity index (χ3n) is 5.83. The van der Waals surface area contributed by atoms with Crippen molar-refractivity contribution in [1.82, 2.24) is 20.2 Å². The van der Waals surface area contributed by atoms with Gasteiger partial charge in [0.15, 0.2) is 5.13 Å². The van der Waals surface area contributed by atoms with Gasteiger partial charge in [0.25, 0.3) is 5.91 Å². The molecule has 4 rings (SSSR count). The Labute approximate surface area is 226 Å². The number of para-hydroxylation sites is 2. The first-order valence-electron chi connectivity index (χ1n) is 12.2. The number of nitrogens with one attached hydrogen (secondary N) is 3. The molecular weight excluding hydrogens is 498 g/mol. The molecule has 0 saturated heterocycles. The van der Waals surface area contributed by atoms with Crippen LogP contribution in [0.1, 0.15) is 34.9 Å². The van der Waals surface area contributed by atoms with Gasteiger partial charge in [-0.1, -0.05) is 48.5 Å². The van der Waals surface area contributed by atoms with Crippen molar-refractivity contribution in [2.45, 2.75) is 18.9 Å². The zero-order valence-electron chi connectivity index (χ0n) is 21.3. The predicted octanol–water partition coefficient (Wildman–Crippen LogP) is 5.24. The first-order chi connectivity index (χ1) is 18.4. The zero-order valence-corrected chi connectivity index (χ0v) is 22.2. The number of aromatic nitrogens is 2. The summed E-state index contributed by atoms with van der Waals surface area (Å²) >= 11 is 1.37. The normalized spacial score (nSPS) is 11.7. The van der Waals surface area contributed by atoms with Gasteiger partial charge in [-0.25, -0.2) is 9.78 Å². The fraction of sp³-hybridized carbons (Fsp3) is 0.214. The monoisotopic (exact) mass is 529 g/mol. The van der Waals surface area contributed by atoms with Crippen molar-refractivity contribution in [3.05, 3.63) is 89.6 Å². The van der Waals surface area contributed by atoms with Gasteiger partial charge in [0.1, 0.15) is 5.69 Å². The molecule has 0 saturated carbocycles. The summed E-state index contributed by atoms with van der Waals surface area (Å²) in [6, 6.07) is 19.7. The minimum atomic E-state index is -0.359. The number of anilines is 3. The number of amides is 3. The van der Waals surface area contributed by atoms with Crippen LogP contribution in [0.25, 0.3) is 11.3 Å². The summed E-state index contributed by atoms with van der Waals surface area (Å²) in [6.07, 6.45) is 3.19. The quantitative estimate of drug-likeness (QED) is 0.208. The molecule has 10 heteroatoms. The second-order valence-corrected chi connectivity index (χ2v) is 9.88. The summed E-state index contributed by atoms with van der Waals surface area (Å²) < 4.78 is 0. The lowest BCUT2D eigenvalue weighted by atomic mass is 10.0. The molecule has 0 radical (unpaired) electrons. The predicted molar refractivity (Wildman–Crippen MR) is 153 cm³/mol. The second kappa shape index (κ2) is 12.8. The first-order valence-corrected chi connectivity index (χ1v) is 13.1. The smallest absolute Gasteiger partial charge is 0.321 e. The second-order valence-electron chi connectivity index (χ2n) is 9.02. The van der Waals surface area contributed by atoms with Crippen molar-refractivity contribution >= 4 is 39.8 Å². The summed E-state index contributed by atoms with van der Waals surface area (Å²) in [4.78, 5) is 36.5. The number of urea groups is 1. The number of hydrogen-bond donors (Lipinski definition) is 4. The first kappa shape index (κ1) is 26.8. The highest BCUT2D eigenvalue weighted by Gasteiger charge is 2.18. The van der Waals surface area contributed by atoms with Gasteiger partial charge < -0.3 is 21.3 Å². The van der Waals surface area contributed by atoms with Gasteiger partial charge in [0.05, 0.1) is 23.1 Å². The lowest BCUT2D eigenvalue weighted by molar-refractivity contribution is 0.102. The van der Waals surface area contributed by atoms with Crippen LogP contribution in [0.2, 0.25) is 0 Å². The van der Waals surface area contributed by atoms with Gasteiger partial charge in [-0.3, -0.25) is 15.1 Å². The van der Waals surface area contributed by atoms with Crippen LogP contribution >= 0.6 is 11.3 Å². The van der Waals surface area contributed by atoms with Gasteiger partial charge in [0, 0.05) is 17.1 Å². The molecule has 38 heavy (non-hydrogen) atoms. The van der Waals surface area contributed by atoms with Crippen LogP contribution in [0.4, 0.5) is 21.3 Å². The van der Waals surface area contributed by atoms with E-state index in [0.29, 0.717) is 22.9 Å². The topological polar surface area (TPSA) is 125 Å². The molecule has 2 aromatic carbocycles. The maximum Gasteiger partial charge on any atom is 0.321 e. The Morgan fingerprint density at radius 3 is 2.47 bits per heavy atom. The number of nitrogen functional groups attached to an aromatic ring is 1. The molecule has 0 aliphatic carbocycles. The van der Waals surface area contributed by atoms with Gasteiger partial charge >= 0.3 is 6.03 Å². The van der Waals surface area contributed by atoms with E-state index in [0.717, 1.165) is 29.8 Å². The molecule has 5 N–H and O–H groups in total. The Kier molecular flexibility index (Phi) is 9.02. The molecular formula is C28H31N7O2S. The molecule has 196 valence electrons. The number of nitrogens with zero attached hydrogens (tertiary/aromatic N) is 3. The molecule has 1 atom stereocenters. The maximum absolute atomic E-state index is 12.9. The Morgan fingerprint density at radius 1 is 1.00 bits per heavy atom. The van der Waals surface area contributed by atoms with Crippen LogP contribution in [-0.2, 0) is 0 Å². The van der Waals surface area contributed by atoms with Gasteiger partial charge in [-0.2, -0.15) is 0 Å². The van der Waals surface area contributed by atoms with Gasteiger partial charge in [0.2, 0.25) is 0 Å².